The largest absolute Gasteiger partial charge is 0.352 e. The summed E-state index contributed by atoms with van der Waals surface area (Å²) in [5, 5.41) is 2.69. The first-order valence-electron chi connectivity index (χ1n) is 7.83. The molecule has 0 spiro atoms. The quantitative estimate of drug-likeness (QED) is 0.816. The van der Waals surface area contributed by atoms with E-state index < -0.39 is 10.0 Å². The molecule has 5 nitrogen and oxygen atoms in total. The Labute approximate surface area is 132 Å². The molecule has 2 N–H and O–H groups in total. The van der Waals surface area contributed by atoms with Gasteiger partial charge in [0.2, 0.25) is 15.9 Å². The Balaban J connectivity index is 2.00. The van der Waals surface area contributed by atoms with Crippen LogP contribution in [0.5, 0.6) is 0 Å². The molecule has 1 aliphatic rings. The van der Waals surface area contributed by atoms with Gasteiger partial charge in [0.15, 0.2) is 0 Å². The molecule has 122 valence electrons. The van der Waals surface area contributed by atoms with Crippen LogP contribution >= 0.6 is 0 Å². The standard InChI is InChI=1S/C16H24N2O3S/c1-13(19)17-12-14-8-10-16(11-9-14)22(20,21)18-15-6-4-2-3-5-7-15/h8-11,15,18H,2-7,12H2,1H3,(H,17,19). The van der Waals surface area contributed by atoms with Crippen LogP contribution in [0.2, 0.25) is 0 Å². The number of benzene rings is 1. The number of nitrogens with one attached hydrogen (secondary N) is 2. The lowest BCUT2D eigenvalue weighted by Crippen LogP contribution is -2.34. The molecule has 1 aromatic rings. The second kappa shape index (κ2) is 7.74. The molecule has 0 aliphatic heterocycles. The van der Waals surface area contributed by atoms with E-state index in [2.05, 4.69) is 10.0 Å². The summed E-state index contributed by atoms with van der Waals surface area (Å²) >= 11 is 0. The maximum atomic E-state index is 12.4. The molecule has 0 heterocycles. The summed E-state index contributed by atoms with van der Waals surface area (Å²) in [6, 6.07) is 6.70. The second-order valence-electron chi connectivity index (χ2n) is 5.86. The van der Waals surface area contributed by atoms with Crippen LogP contribution in [0.1, 0.15) is 51.0 Å². The average molecular weight is 324 g/mol. The number of hydrogen-bond donors (Lipinski definition) is 2. The topological polar surface area (TPSA) is 75.3 Å². The van der Waals surface area contributed by atoms with Crippen LogP contribution in [0.15, 0.2) is 29.2 Å². The summed E-state index contributed by atoms with van der Waals surface area (Å²) < 4.78 is 27.6. The minimum Gasteiger partial charge on any atom is -0.352 e. The molecule has 1 amide bonds. The fourth-order valence-corrected chi connectivity index (χ4v) is 4.00. The van der Waals surface area contributed by atoms with Crippen molar-refractivity contribution in [1.29, 1.82) is 0 Å². The minimum atomic E-state index is -3.46. The SMILES string of the molecule is CC(=O)NCc1ccc(S(=O)(=O)NC2CCCCCC2)cc1. The number of carbonyl (C=O) groups excluding carboxylic acids is 1. The van der Waals surface area contributed by atoms with Crippen LogP contribution in [0.3, 0.4) is 0 Å². The van der Waals surface area contributed by atoms with E-state index in [1.165, 1.54) is 19.8 Å². The van der Waals surface area contributed by atoms with Crippen molar-refractivity contribution < 1.29 is 13.2 Å². The first-order valence-corrected chi connectivity index (χ1v) is 9.31. The number of amides is 1. The highest BCUT2D eigenvalue weighted by atomic mass is 32.2. The van der Waals surface area contributed by atoms with Crippen molar-refractivity contribution in [3.63, 3.8) is 0 Å². The van der Waals surface area contributed by atoms with Crippen molar-refractivity contribution in [2.75, 3.05) is 0 Å². The lowest BCUT2D eigenvalue weighted by Gasteiger charge is -2.16. The van der Waals surface area contributed by atoms with Crippen LogP contribution in [0.4, 0.5) is 0 Å². The molecule has 0 radical (unpaired) electrons. The summed E-state index contributed by atoms with van der Waals surface area (Å²) in [6.45, 7) is 1.86. The summed E-state index contributed by atoms with van der Waals surface area (Å²) in [4.78, 5) is 11.2. The van der Waals surface area contributed by atoms with E-state index in [1.807, 2.05) is 0 Å². The Bertz CT molecular complexity index is 588. The molecule has 22 heavy (non-hydrogen) atoms. The van der Waals surface area contributed by atoms with Gasteiger partial charge in [-0.15, -0.1) is 0 Å². The van der Waals surface area contributed by atoms with Crippen LogP contribution in [-0.2, 0) is 21.4 Å². The zero-order valence-electron chi connectivity index (χ0n) is 13.0. The Morgan fingerprint density at radius 2 is 1.68 bits per heavy atom. The Morgan fingerprint density at radius 3 is 2.23 bits per heavy atom. The second-order valence-corrected chi connectivity index (χ2v) is 7.58. The fraction of sp³-hybridized carbons (Fsp3) is 0.562. The van der Waals surface area contributed by atoms with Crippen LogP contribution in [0, 0.1) is 0 Å². The molecule has 1 fully saturated rings. The molecule has 6 heteroatoms. The van der Waals surface area contributed by atoms with Gasteiger partial charge >= 0.3 is 0 Å². The zero-order chi connectivity index (χ0) is 16.0. The summed E-state index contributed by atoms with van der Waals surface area (Å²) in [7, 11) is -3.46. The molecule has 0 aromatic heterocycles. The Morgan fingerprint density at radius 1 is 1.09 bits per heavy atom. The third-order valence-electron chi connectivity index (χ3n) is 3.95. The van der Waals surface area contributed by atoms with Crippen molar-refractivity contribution in [3.05, 3.63) is 29.8 Å². The van der Waals surface area contributed by atoms with Gasteiger partial charge in [0.1, 0.15) is 0 Å². The number of rotatable bonds is 5. The van der Waals surface area contributed by atoms with Crippen molar-refractivity contribution in [3.8, 4) is 0 Å². The van der Waals surface area contributed by atoms with Gasteiger partial charge in [-0.3, -0.25) is 4.79 Å². The summed E-state index contributed by atoms with van der Waals surface area (Å²) in [6.07, 6.45) is 6.39. The van der Waals surface area contributed by atoms with E-state index in [-0.39, 0.29) is 16.8 Å². The van der Waals surface area contributed by atoms with Crippen molar-refractivity contribution in [2.24, 2.45) is 0 Å². The van der Waals surface area contributed by atoms with Gasteiger partial charge in [-0.05, 0) is 30.5 Å². The molecule has 1 aliphatic carbocycles. The van der Waals surface area contributed by atoms with Gasteiger partial charge in [-0.1, -0.05) is 37.8 Å². The van der Waals surface area contributed by atoms with E-state index in [9.17, 15) is 13.2 Å². The lowest BCUT2D eigenvalue weighted by atomic mass is 10.1. The van der Waals surface area contributed by atoms with Crippen molar-refractivity contribution in [2.45, 2.75) is 62.9 Å². The zero-order valence-corrected chi connectivity index (χ0v) is 13.8. The minimum absolute atomic E-state index is 0.0477. The molecular weight excluding hydrogens is 300 g/mol. The lowest BCUT2D eigenvalue weighted by molar-refractivity contribution is -0.119. The smallest absolute Gasteiger partial charge is 0.240 e. The number of carbonyl (C=O) groups is 1. The molecule has 0 atom stereocenters. The van der Waals surface area contributed by atoms with Gasteiger partial charge in [0.05, 0.1) is 4.90 Å². The van der Waals surface area contributed by atoms with Gasteiger partial charge < -0.3 is 5.32 Å². The number of sulfonamides is 1. The molecule has 0 unspecified atom stereocenters. The predicted molar refractivity (Wildman–Crippen MR) is 85.8 cm³/mol. The van der Waals surface area contributed by atoms with E-state index in [1.54, 1.807) is 24.3 Å². The van der Waals surface area contributed by atoms with Crippen molar-refractivity contribution in [1.82, 2.24) is 10.0 Å². The summed E-state index contributed by atoms with van der Waals surface area (Å²) in [5.41, 5.74) is 0.878. The Hall–Kier alpha value is -1.40. The first kappa shape index (κ1) is 17.0. The fourth-order valence-electron chi connectivity index (χ4n) is 2.70. The van der Waals surface area contributed by atoms with Gasteiger partial charge in [-0.25, -0.2) is 13.1 Å². The highest BCUT2D eigenvalue weighted by Gasteiger charge is 2.20. The third kappa shape index (κ3) is 5.10. The highest BCUT2D eigenvalue weighted by molar-refractivity contribution is 7.89. The predicted octanol–water partition coefficient (Wildman–Crippen LogP) is 2.32. The van der Waals surface area contributed by atoms with E-state index in [4.69, 9.17) is 0 Å². The van der Waals surface area contributed by atoms with E-state index in [0.717, 1.165) is 31.2 Å². The molecule has 1 aromatic carbocycles. The Kier molecular flexibility index (Phi) is 5.97. The van der Waals surface area contributed by atoms with E-state index >= 15 is 0 Å². The molecule has 2 rings (SSSR count). The third-order valence-corrected chi connectivity index (χ3v) is 5.49. The normalized spacial score (nSPS) is 17.0. The van der Waals surface area contributed by atoms with Crippen molar-refractivity contribution >= 4 is 15.9 Å². The monoisotopic (exact) mass is 324 g/mol. The van der Waals surface area contributed by atoms with Crippen LogP contribution in [-0.4, -0.2) is 20.4 Å². The van der Waals surface area contributed by atoms with Crippen LogP contribution in [0.25, 0.3) is 0 Å². The van der Waals surface area contributed by atoms with Gasteiger partial charge in [0.25, 0.3) is 0 Å². The average Bonchev–Trinajstić information content (AvgIpc) is 2.73. The summed E-state index contributed by atoms with van der Waals surface area (Å²) in [5.74, 6) is -0.105. The highest BCUT2D eigenvalue weighted by Crippen LogP contribution is 2.19. The molecule has 0 saturated heterocycles. The maximum absolute atomic E-state index is 12.4. The van der Waals surface area contributed by atoms with Crippen LogP contribution < -0.4 is 10.0 Å². The molecule has 1 saturated carbocycles. The number of hydrogen-bond acceptors (Lipinski definition) is 3. The van der Waals surface area contributed by atoms with E-state index in [0.29, 0.717) is 6.54 Å². The van der Waals surface area contributed by atoms with Gasteiger partial charge in [-0.2, -0.15) is 0 Å². The maximum Gasteiger partial charge on any atom is 0.240 e. The first-order chi connectivity index (χ1) is 10.5. The molecular formula is C16H24N2O3S. The van der Waals surface area contributed by atoms with Gasteiger partial charge in [0, 0.05) is 19.5 Å². The molecule has 0 bridgehead atoms.